The number of hydroxylamine groups is 2. The molecule has 1 heterocycles. The molecule has 1 atom stereocenters. The Morgan fingerprint density at radius 3 is 2.93 bits per heavy atom. The van der Waals surface area contributed by atoms with E-state index in [2.05, 4.69) is 6.58 Å². The van der Waals surface area contributed by atoms with Gasteiger partial charge in [0.05, 0.1) is 13.2 Å². The van der Waals surface area contributed by atoms with Gasteiger partial charge in [-0.05, 0) is 13.3 Å². The van der Waals surface area contributed by atoms with Crippen molar-refractivity contribution in [2.24, 2.45) is 0 Å². The molecular weight excluding hydrogens is 198 g/mol. The van der Waals surface area contributed by atoms with E-state index >= 15 is 0 Å². The highest BCUT2D eigenvalue weighted by Crippen LogP contribution is 2.11. The summed E-state index contributed by atoms with van der Waals surface area (Å²) < 4.78 is 5.21. The second-order valence-electron chi connectivity index (χ2n) is 3.37. The van der Waals surface area contributed by atoms with Gasteiger partial charge in [-0.3, -0.25) is 4.79 Å². The van der Waals surface area contributed by atoms with Gasteiger partial charge in [0.15, 0.2) is 0 Å². The maximum Gasteiger partial charge on any atom is 0.358 e. The lowest BCUT2D eigenvalue weighted by molar-refractivity contribution is -0.215. The molecule has 5 nitrogen and oxygen atoms in total. The van der Waals surface area contributed by atoms with E-state index in [4.69, 9.17) is 9.57 Å². The first kappa shape index (κ1) is 11.7. The Kier molecular flexibility index (Phi) is 3.85. The molecule has 1 fully saturated rings. The van der Waals surface area contributed by atoms with Crippen molar-refractivity contribution in [3.63, 3.8) is 0 Å². The van der Waals surface area contributed by atoms with E-state index in [1.54, 1.807) is 0 Å². The minimum absolute atomic E-state index is 0.266. The summed E-state index contributed by atoms with van der Waals surface area (Å²) in [6.45, 7) is 7.47. The average Bonchev–Trinajstić information content (AvgIpc) is 2.21. The third-order valence-electron chi connectivity index (χ3n) is 2.05. The van der Waals surface area contributed by atoms with E-state index in [0.717, 1.165) is 5.06 Å². The summed E-state index contributed by atoms with van der Waals surface area (Å²) >= 11 is 0. The zero-order valence-corrected chi connectivity index (χ0v) is 8.99. The van der Waals surface area contributed by atoms with Crippen molar-refractivity contribution in [2.45, 2.75) is 26.4 Å². The second kappa shape index (κ2) is 4.93. The van der Waals surface area contributed by atoms with E-state index in [1.165, 1.54) is 6.92 Å². The van der Waals surface area contributed by atoms with Gasteiger partial charge in [-0.1, -0.05) is 13.5 Å². The minimum Gasteiger partial charge on any atom is -0.366 e. The molecule has 0 spiro atoms. The zero-order chi connectivity index (χ0) is 11.4. The van der Waals surface area contributed by atoms with Gasteiger partial charge in [-0.2, -0.15) is 5.06 Å². The molecule has 1 aliphatic rings. The molecule has 0 aromatic heterocycles. The highest BCUT2D eigenvalue weighted by molar-refractivity contribution is 5.89. The van der Waals surface area contributed by atoms with Crippen molar-refractivity contribution in [2.75, 3.05) is 13.2 Å². The van der Waals surface area contributed by atoms with Crippen molar-refractivity contribution < 1.29 is 19.2 Å². The lowest BCUT2D eigenvalue weighted by atomic mass is 10.2. The molecule has 1 amide bonds. The molecule has 0 aliphatic carbocycles. The number of nitrogens with zero attached hydrogens (tertiary/aromatic N) is 1. The second-order valence-corrected chi connectivity index (χ2v) is 3.37. The molecule has 1 saturated heterocycles. The van der Waals surface area contributed by atoms with E-state index in [9.17, 15) is 9.59 Å². The Labute approximate surface area is 88.6 Å². The van der Waals surface area contributed by atoms with Gasteiger partial charge < -0.3 is 9.57 Å². The Morgan fingerprint density at radius 2 is 2.40 bits per heavy atom. The van der Waals surface area contributed by atoms with Crippen LogP contribution in [0.5, 0.6) is 0 Å². The van der Waals surface area contributed by atoms with Crippen LogP contribution in [0.2, 0.25) is 0 Å². The third-order valence-corrected chi connectivity index (χ3v) is 2.05. The molecule has 0 aromatic rings. The Morgan fingerprint density at radius 1 is 1.73 bits per heavy atom. The molecule has 0 radical (unpaired) electrons. The normalized spacial score (nSPS) is 21.3. The molecule has 84 valence electrons. The van der Waals surface area contributed by atoms with Crippen LogP contribution in [-0.2, 0) is 19.2 Å². The van der Waals surface area contributed by atoms with Crippen LogP contribution in [0.25, 0.3) is 0 Å². The highest BCUT2D eigenvalue weighted by Gasteiger charge is 2.31. The fraction of sp³-hybridized carbons (Fsp3) is 0.600. The van der Waals surface area contributed by atoms with Gasteiger partial charge in [0, 0.05) is 5.57 Å². The summed E-state index contributed by atoms with van der Waals surface area (Å²) in [6.07, 6.45) is 0.0663. The number of ether oxygens (including phenoxy) is 1. The van der Waals surface area contributed by atoms with Crippen molar-refractivity contribution in [1.82, 2.24) is 5.06 Å². The molecule has 0 aromatic carbocycles. The number of morpholine rings is 1. The van der Waals surface area contributed by atoms with Crippen molar-refractivity contribution >= 4 is 11.9 Å². The first-order valence-electron chi connectivity index (χ1n) is 4.87. The largest absolute Gasteiger partial charge is 0.366 e. The van der Waals surface area contributed by atoms with Crippen molar-refractivity contribution in [3.8, 4) is 0 Å². The summed E-state index contributed by atoms with van der Waals surface area (Å²) in [5.41, 5.74) is 0.266. The Balaban J connectivity index is 2.58. The highest BCUT2D eigenvalue weighted by atomic mass is 16.7. The predicted molar refractivity (Wildman–Crippen MR) is 52.7 cm³/mol. The number of amides is 1. The quantitative estimate of drug-likeness (QED) is 0.646. The molecule has 15 heavy (non-hydrogen) atoms. The van der Waals surface area contributed by atoms with Gasteiger partial charge in [-0.25, -0.2) is 4.79 Å². The fourth-order valence-electron chi connectivity index (χ4n) is 1.18. The lowest BCUT2D eigenvalue weighted by Gasteiger charge is -2.30. The first-order valence-corrected chi connectivity index (χ1v) is 4.87. The summed E-state index contributed by atoms with van der Waals surface area (Å²) in [5.74, 6) is -0.890. The zero-order valence-electron chi connectivity index (χ0n) is 8.99. The maximum atomic E-state index is 11.6. The molecule has 0 bridgehead atoms. The van der Waals surface area contributed by atoms with Gasteiger partial charge in [0.1, 0.15) is 6.10 Å². The molecule has 5 heteroatoms. The number of carbonyl (C=O) groups is 2. The standard InChI is InChI=1S/C10H15NO4/c1-4-8-9(12)11(5-6-14-8)15-10(13)7(2)3/h8H,2,4-6H2,1,3H3. The smallest absolute Gasteiger partial charge is 0.358 e. The monoisotopic (exact) mass is 213 g/mol. The number of hydrogen-bond donors (Lipinski definition) is 0. The van der Waals surface area contributed by atoms with Crippen LogP contribution < -0.4 is 0 Å². The van der Waals surface area contributed by atoms with Gasteiger partial charge >= 0.3 is 5.97 Å². The van der Waals surface area contributed by atoms with Crippen LogP contribution in [-0.4, -0.2) is 36.2 Å². The minimum atomic E-state index is -0.583. The number of hydrogen-bond acceptors (Lipinski definition) is 4. The van der Waals surface area contributed by atoms with Crippen LogP contribution >= 0.6 is 0 Å². The predicted octanol–water partition coefficient (Wildman–Crippen LogP) is 0.658. The summed E-state index contributed by atoms with van der Waals surface area (Å²) in [5, 5.41) is 1.05. The van der Waals surface area contributed by atoms with Crippen LogP contribution in [0, 0.1) is 0 Å². The topological polar surface area (TPSA) is 55.8 Å². The number of rotatable bonds is 3. The fourth-order valence-corrected chi connectivity index (χ4v) is 1.18. The van der Waals surface area contributed by atoms with E-state index < -0.39 is 12.1 Å². The SMILES string of the molecule is C=C(C)C(=O)ON1CCOC(CC)C1=O. The molecule has 1 unspecified atom stereocenters. The van der Waals surface area contributed by atoms with E-state index in [1.807, 2.05) is 6.92 Å². The van der Waals surface area contributed by atoms with Crippen LogP contribution in [0.1, 0.15) is 20.3 Å². The van der Waals surface area contributed by atoms with Crippen molar-refractivity contribution in [1.29, 1.82) is 0 Å². The van der Waals surface area contributed by atoms with E-state index in [-0.39, 0.29) is 18.0 Å². The van der Waals surface area contributed by atoms with Gasteiger partial charge in [0.2, 0.25) is 0 Å². The van der Waals surface area contributed by atoms with Crippen LogP contribution in [0.3, 0.4) is 0 Å². The lowest BCUT2D eigenvalue weighted by Crippen LogP contribution is -2.48. The van der Waals surface area contributed by atoms with Gasteiger partial charge in [0.25, 0.3) is 5.91 Å². The first-order chi connectivity index (χ1) is 7.06. The van der Waals surface area contributed by atoms with Crippen molar-refractivity contribution in [3.05, 3.63) is 12.2 Å². The summed E-state index contributed by atoms with van der Waals surface area (Å²) in [4.78, 5) is 27.7. The van der Waals surface area contributed by atoms with Crippen LogP contribution in [0.4, 0.5) is 0 Å². The maximum absolute atomic E-state index is 11.6. The summed E-state index contributed by atoms with van der Waals surface area (Å²) in [6, 6.07) is 0. The summed E-state index contributed by atoms with van der Waals surface area (Å²) in [7, 11) is 0. The Bertz CT molecular complexity index is 287. The molecular formula is C10H15NO4. The Hall–Kier alpha value is -1.36. The number of carbonyl (C=O) groups excluding carboxylic acids is 2. The van der Waals surface area contributed by atoms with E-state index in [0.29, 0.717) is 13.0 Å². The molecule has 0 saturated carbocycles. The van der Waals surface area contributed by atoms with Crippen LogP contribution in [0.15, 0.2) is 12.2 Å². The molecule has 0 N–H and O–H groups in total. The van der Waals surface area contributed by atoms with Gasteiger partial charge in [-0.15, -0.1) is 0 Å². The molecule has 1 rings (SSSR count). The average molecular weight is 213 g/mol. The molecule has 1 aliphatic heterocycles. The third kappa shape index (κ3) is 2.79.